The standard InChI is InChI=1S/C15H19ClN4O2/c1-9-17-18-13-12(16)5-10(8-20(9)13)11-6-19(7-11)14(21)22-15(2,3)4/h5,8,11H,6-7H2,1-4H3. The number of carbonyl (C=O) groups excluding carboxylic acids is 1. The van der Waals surface area contributed by atoms with Crippen molar-refractivity contribution in [3.8, 4) is 0 Å². The molecule has 3 heterocycles. The highest BCUT2D eigenvalue weighted by atomic mass is 35.5. The Bertz CT molecular complexity index is 729. The highest BCUT2D eigenvalue weighted by Gasteiger charge is 2.35. The van der Waals surface area contributed by atoms with Crippen molar-refractivity contribution in [3.05, 3.63) is 28.7 Å². The van der Waals surface area contributed by atoms with Crippen molar-refractivity contribution in [3.63, 3.8) is 0 Å². The third-order valence-corrected chi connectivity index (χ3v) is 3.93. The highest BCUT2D eigenvalue weighted by molar-refractivity contribution is 6.33. The van der Waals surface area contributed by atoms with Gasteiger partial charge < -0.3 is 9.64 Å². The summed E-state index contributed by atoms with van der Waals surface area (Å²) in [5.41, 5.74) is 1.27. The third-order valence-electron chi connectivity index (χ3n) is 3.66. The summed E-state index contributed by atoms with van der Waals surface area (Å²) in [4.78, 5) is 13.7. The zero-order valence-corrected chi connectivity index (χ0v) is 13.9. The van der Waals surface area contributed by atoms with Gasteiger partial charge in [-0.05, 0) is 39.3 Å². The maximum Gasteiger partial charge on any atom is 0.410 e. The Labute approximate surface area is 134 Å². The first kappa shape index (κ1) is 15.1. The highest BCUT2D eigenvalue weighted by Crippen LogP contribution is 2.31. The van der Waals surface area contributed by atoms with Gasteiger partial charge in [0.2, 0.25) is 0 Å². The first-order valence-corrected chi connectivity index (χ1v) is 7.61. The number of aryl methyl sites for hydroxylation is 1. The van der Waals surface area contributed by atoms with Crippen LogP contribution < -0.4 is 0 Å². The molecule has 1 amide bonds. The molecule has 118 valence electrons. The normalized spacial score (nSPS) is 16.0. The van der Waals surface area contributed by atoms with Crippen LogP contribution in [-0.2, 0) is 4.74 Å². The zero-order valence-electron chi connectivity index (χ0n) is 13.1. The molecule has 0 aliphatic carbocycles. The number of carbonyl (C=O) groups is 1. The molecule has 2 aromatic heterocycles. The van der Waals surface area contributed by atoms with Crippen molar-refractivity contribution in [2.45, 2.75) is 39.2 Å². The lowest BCUT2D eigenvalue weighted by atomic mass is 9.93. The number of ether oxygens (including phenoxy) is 1. The number of pyridine rings is 1. The van der Waals surface area contributed by atoms with Crippen molar-refractivity contribution in [1.82, 2.24) is 19.5 Å². The first-order chi connectivity index (χ1) is 10.2. The predicted molar refractivity (Wildman–Crippen MR) is 83.3 cm³/mol. The van der Waals surface area contributed by atoms with E-state index in [0.717, 1.165) is 11.4 Å². The van der Waals surface area contributed by atoms with E-state index in [2.05, 4.69) is 10.2 Å². The van der Waals surface area contributed by atoms with E-state index in [4.69, 9.17) is 16.3 Å². The van der Waals surface area contributed by atoms with Gasteiger partial charge in [-0.2, -0.15) is 0 Å². The van der Waals surface area contributed by atoms with Gasteiger partial charge in [-0.1, -0.05) is 11.6 Å². The van der Waals surface area contributed by atoms with Gasteiger partial charge in [0, 0.05) is 25.2 Å². The van der Waals surface area contributed by atoms with Crippen LogP contribution in [0.3, 0.4) is 0 Å². The number of hydrogen-bond donors (Lipinski definition) is 0. The smallest absolute Gasteiger partial charge is 0.410 e. The van der Waals surface area contributed by atoms with Crippen LogP contribution in [0.5, 0.6) is 0 Å². The number of likely N-dealkylation sites (tertiary alicyclic amines) is 1. The first-order valence-electron chi connectivity index (χ1n) is 7.23. The molecule has 0 spiro atoms. The van der Waals surface area contributed by atoms with Gasteiger partial charge in [0.1, 0.15) is 11.4 Å². The van der Waals surface area contributed by atoms with Crippen LogP contribution in [0.1, 0.15) is 38.1 Å². The molecule has 0 N–H and O–H groups in total. The van der Waals surface area contributed by atoms with Gasteiger partial charge in [-0.25, -0.2) is 4.79 Å². The van der Waals surface area contributed by atoms with E-state index in [1.165, 1.54) is 0 Å². The zero-order chi connectivity index (χ0) is 16.1. The molecular formula is C15H19ClN4O2. The number of aromatic nitrogens is 3. The van der Waals surface area contributed by atoms with E-state index in [9.17, 15) is 4.79 Å². The predicted octanol–water partition coefficient (Wildman–Crippen LogP) is 3.03. The van der Waals surface area contributed by atoms with Crippen LogP contribution >= 0.6 is 11.6 Å². The fourth-order valence-corrected chi connectivity index (χ4v) is 2.73. The van der Waals surface area contributed by atoms with Crippen molar-refractivity contribution in [2.75, 3.05) is 13.1 Å². The Kier molecular flexibility index (Phi) is 3.51. The van der Waals surface area contributed by atoms with Gasteiger partial charge in [-0.3, -0.25) is 4.40 Å². The Balaban J connectivity index is 1.73. The monoisotopic (exact) mass is 322 g/mol. The molecule has 6 nitrogen and oxygen atoms in total. The van der Waals surface area contributed by atoms with Crippen LogP contribution in [0.15, 0.2) is 12.3 Å². The summed E-state index contributed by atoms with van der Waals surface area (Å²) in [7, 11) is 0. The lowest BCUT2D eigenvalue weighted by Gasteiger charge is -2.40. The van der Waals surface area contributed by atoms with E-state index < -0.39 is 5.60 Å². The molecule has 0 bridgehead atoms. The molecule has 1 aliphatic heterocycles. The minimum atomic E-state index is -0.468. The average molecular weight is 323 g/mol. The van der Waals surface area contributed by atoms with Crippen molar-refractivity contribution in [1.29, 1.82) is 0 Å². The molecule has 0 saturated carbocycles. The quantitative estimate of drug-likeness (QED) is 0.809. The van der Waals surface area contributed by atoms with E-state index >= 15 is 0 Å². The number of fused-ring (bicyclic) bond motifs is 1. The number of nitrogens with zero attached hydrogens (tertiary/aromatic N) is 4. The van der Waals surface area contributed by atoms with Crippen LogP contribution in [0.2, 0.25) is 5.02 Å². The summed E-state index contributed by atoms with van der Waals surface area (Å²) in [6.45, 7) is 8.75. The van der Waals surface area contributed by atoms with Crippen molar-refractivity contribution in [2.24, 2.45) is 0 Å². The molecular weight excluding hydrogens is 304 g/mol. The van der Waals surface area contributed by atoms with E-state index in [1.807, 2.05) is 44.4 Å². The second kappa shape index (κ2) is 5.12. The Morgan fingerprint density at radius 3 is 2.68 bits per heavy atom. The van der Waals surface area contributed by atoms with E-state index in [0.29, 0.717) is 23.8 Å². The fourth-order valence-electron chi connectivity index (χ4n) is 2.47. The second-order valence-electron chi connectivity index (χ2n) is 6.64. The minimum absolute atomic E-state index is 0.260. The maximum absolute atomic E-state index is 12.0. The fraction of sp³-hybridized carbons (Fsp3) is 0.533. The summed E-state index contributed by atoms with van der Waals surface area (Å²) in [5.74, 6) is 1.05. The molecule has 1 fully saturated rings. The Hall–Kier alpha value is -1.82. The molecule has 2 aromatic rings. The summed E-state index contributed by atoms with van der Waals surface area (Å²) < 4.78 is 7.24. The van der Waals surface area contributed by atoms with Crippen molar-refractivity contribution < 1.29 is 9.53 Å². The number of rotatable bonds is 1. The van der Waals surface area contributed by atoms with Gasteiger partial charge >= 0.3 is 6.09 Å². The Morgan fingerprint density at radius 2 is 2.05 bits per heavy atom. The molecule has 0 aromatic carbocycles. The maximum atomic E-state index is 12.0. The number of hydrogen-bond acceptors (Lipinski definition) is 4. The SMILES string of the molecule is Cc1nnc2c(Cl)cc(C3CN(C(=O)OC(C)(C)C)C3)cn12. The number of amides is 1. The van der Waals surface area contributed by atoms with Crippen LogP contribution in [0.25, 0.3) is 5.65 Å². The average Bonchev–Trinajstić information content (AvgIpc) is 2.67. The van der Waals surface area contributed by atoms with E-state index in [-0.39, 0.29) is 12.0 Å². The minimum Gasteiger partial charge on any atom is -0.444 e. The van der Waals surface area contributed by atoms with Crippen LogP contribution in [-0.4, -0.2) is 44.3 Å². The lowest BCUT2D eigenvalue weighted by Crippen LogP contribution is -2.50. The van der Waals surface area contributed by atoms with Gasteiger partial charge in [0.15, 0.2) is 5.65 Å². The molecule has 0 radical (unpaired) electrons. The van der Waals surface area contributed by atoms with Crippen LogP contribution in [0.4, 0.5) is 4.79 Å². The summed E-state index contributed by atoms with van der Waals surface area (Å²) in [6.07, 6.45) is 1.73. The summed E-state index contributed by atoms with van der Waals surface area (Å²) in [5, 5.41) is 8.65. The van der Waals surface area contributed by atoms with Crippen molar-refractivity contribution >= 4 is 23.3 Å². The van der Waals surface area contributed by atoms with Gasteiger partial charge in [0.05, 0.1) is 5.02 Å². The topological polar surface area (TPSA) is 59.7 Å². The molecule has 7 heteroatoms. The molecule has 3 rings (SSSR count). The summed E-state index contributed by atoms with van der Waals surface area (Å²) in [6, 6.07) is 1.90. The van der Waals surface area contributed by atoms with E-state index in [1.54, 1.807) is 4.90 Å². The van der Waals surface area contributed by atoms with Crippen LogP contribution in [0, 0.1) is 6.92 Å². The Morgan fingerprint density at radius 1 is 1.36 bits per heavy atom. The molecule has 1 saturated heterocycles. The van der Waals surface area contributed by atoms with Gasteiger partial charge in [0.25, 0.3) is 0 Å². The molecule has 22 heavy (non-hydrogen) atoms. The molecule has 0 unspecified atom stereocenters. The number of halogens is 1. The third kappa shape index (κ3) is 2.75. The molecule has 1 aliphatic rings. The second-order valence-corrected chi connectivity index (χ2v) is 7.05. The largest absolute Gasteiger partial charge is 0.444 e. The summed E-state index contributed by atoms with van der Waals surface area (Å²) >= 11 is 6.26. The molecule has 0 atom stereocenters. The van der Waals surface area contributed by atoms with Gasteiger partial charge in [-0.15, -0.1) is 10.2 Å². The lowest BCUT2D eigenvalue weighted by molar-refractivity contribution is 0.00816.